The summed E-state index contributed by atoms with van der Waals surface area (Å²) in [6, 6.07) is 11.1. The number of hydrogen-bond acceptors (Lipinski definition) is 4. The minimum atomic E-state index is -3.17. The Hall–Kier alpha value is -0.850. The highest BCUT2D eigenvalue weighted by molar-refractivity contribution is 9.11. The van der Waals surface area contributed by atoms with Crippen molar-refractivity contribution >= 4 is 42.8 Å². The van der Waals surface area contributed by atoms with Crippen LogP contribution in [0, 0.1) is 0 Å². The molecule has 3 nitrogen and oxygen atoms in total. The second kappa shape index (κ2) is 5.64. The Morgan fingerprint density at radius 1 is 1.26 bits per heavy atom. The summed E-state index contributed by atoms with van der Waals surface area (Å²) in [5.41, 5.74) is 0.806. The summed E-state index contributed by atoms with van der Waals surface area (Å²) in [5.74, 6) is 0. The largest absolute Gasteiger partial charge is 0.378 e. The van der Waals surface area contributed by atoms with Crippen LogP contribution in [-0.4, -0.2) is 14.7 Å². The predicted octanol–water partition coefficient (Wildman–Crippen LogP) is 4.09. The van der Waals surface area contributed by atoms with E-state index in [2.05, 4.69) is 21.2 Å². The molecule has 0 amide bonds. The van der Waals surface area contributed by atoms with Crippen LogP contribution in [0.3, 0.4) is 0 Å². The van der Waals surface area contributed by atoms with Crippen LogP contribution in [0.5, 0.6) is 0 Å². The zero-order chi connectivity index (χ0) is 14.0. The number of thiophene rings is 1. The van der Waals surface area contributed by atoms with Gasteiger partial charge in [0.25, 0.3) is 0 Å². The summed E-state index contributed by atoms with van der Waals surface area (Å²) >= 11 is 5.10. The van der Waals surface area contributed by atoms with E-state index < -0.39 is 9.84 Å². The first-order chi connectivity index (χ1) is 8.86. The van der Waals surface area contributed by atoms with Crippen LogP contribution in [0.25, 0.3) is 0 Å². The first kappa shape index (κ1) is 14.6. The minimum Gasteiger partial charge on any atom is -0.378 e. The molecule has 1 aromatic heterocycles. The van der Waals surface area contributed by atoms with Gasteiger partial charge in [0.2, 0.25) is 0 Å². The van der Waals surface area contributed by atoms with Gasteiger partial charge in [0.1, 0.15) is 0 Å². The van der Waals surface area contributed by atoms with Crippen molar-refractivity contribution in [2.75, 3.05) is 11.6 Å². The number of sulfone groups is 1. The van der Waals surface area contributed by atoms with Gasteiger partial charge in [-0.2, -0.15) is 0 Å². The molecule has 102 valence electrons. The average molecular weight is 360 g/mol. The van der Waals surface area contributed by atoms with E-state index in [4.69, 9.17) is 0 Å². The summed E-state index contributed by atoms with van der Waals surface area (Å²) in [6.07, 6.45) is 1.21. The van der Waals surface area contributed by atoms with Gasteiger partial charge in [-0.25, -0.2) is 8.42 Å². The summed E-state index contributed by atoms with van der Waals surface area (Å²) in [4.78, 5) is 1.52. The topological polar surface area (TPSA) is 46.2 Å². The van der Waals surface area contributed by atoms with Crippen molar-refractivity contribution in [2.24, 2.45) is 0 Å². The molecule has 19 heavy (non-hydrogen) atoms. The van der Waals surface area contributed by atoms with Gasteiger partial charge in [0.05, 0.1) is 14.7 Å². The van der Waals surface area contributed by atoms with E-state index in [1.807, 2.05) is 25.1 Å². The van der Waals surface area contributed by atoms with Crippen LogP contribution in [0.1, 0.15) is 17.8 Å². The zero-order valence-corrected chi connectivity index (χ0v) is 13.8. The van der Waals surface area contributed by atoms with Crippen molar-refractivity contribution in [3.05, 3.63) is 45.1 Å². The fraction of sp³-hybridized carbons (Fsp3) is 0.231. The minimum absolute atomic E-state index is 0.131. The van der Waals surface area contributed by atoms with Crippen LogP contribution in [0.2, 0.25) is 0 Å². The van der Waals surface area contributed by atoms with E-state index in [1.165, 1.54) is 11.1 Å². The highest BCUT2D eigenvalue weighted by Crippen LogP contribution is 2.29. The van der Waals surface area contributed by atoms with E-state index in [1.54, 1.807) is 29.5 Å². The monoisotopic (exact) mass is 359 g/mol. The Balaban J connectivity index is 2.20. The Morgan fingerprint density at radius 3 is 2.58 bits per heavy atom. The van der Waals surface area contributed by atoms with Crippen LogP contribution in [-0.2, 0) is 9.84 Å². The van der Waals surface area contributed by atoms with Crippen molar-refractivity contribution in [3.63, 3.8) is 0 Å². The molecule has 0 aliphatic rings. The Bertz CT molecular complexity index is 679. The molecular weight excluding hydrogens is 346 g/mol. The average Bonchev–Trinajstić information content (AvgIpc) is 2.75. The van der Waals surface area contributed by atoms with E-state index >= 15 is 0 Å². The molecular formula is C13H14BrNO2S2. The molecule has 0 saturated carbocycles. The second-order valence-electron chi connectivity index (χ2n) is 4.31. The molecule has 1 aromatic carbocycles. The number of anilines is 1. The third-order valence-corrected chi connectivity index (χ3v) is 5.58. The van der Waals surface area contributed by atoms with Crippen LogP contribution < -0.4 is 5.32 Å². The lowest BCUT2D eigenvalue weighted by Crippen LogP contribution is -2.06. The fourth-order valence-electron chi connectivity index (χ4n) is 1.70. The van der Waals surface area contributed by atoms with Crippen LogP contribution in [0.15, 0.2) is 45.1 Å². The third-order valence-electron chi connectivity index (χ3n) is 2.67. The Labute approximate surface area is 125 Å². The standard InChI is InChI=1S/C13H14BrNO2S2/c1-9(12-6-7-13(14)18-12)15-10-4-3-5-11(8-10)19(2,16)17/h3-9,15H,1-2H3. The molecule has 0 aliphatic carbocycles. The highest BCUT2D eigenvalue weighted by Gasteiger charge is 2.11. The first-order valence-corrected chi connectivity index (χ1v) is 9.18. The smallest absolute Gasteiger partial charge is 0.175 e. The van der Waals surface area contributed by atoms with Gasteiger partial charge >= 0.3 is 0 Å². The summed E-state index contributed by atoms with van der Waals surface area (Å²) in [6.45, 7) is 2.05. The molecule has 0 spiro atoms. The summed E-state index contributed by atoms with van der Waals surface area (Å²) < 4.78 is 24.1. The second-order valence-corrected chi connectivity index (χ2v) is 8.82. The van der Waals surface area contributed by atoms with Crippen molar-refractivity contribution in [3.8, 4) is 0 Å². The van der Waals surface area contributed by atoms with Gasteiger partial charge in [-0.3, -0.25) is 0 Å². The molecule has 0 saturated heterocycles. The maximum atomic E-state index is 11.5. The molecule has 0 aliphatic heterocycles. The molecule has 2 rings (SSSR count). The number of hydrogen-bond donors (Lipinski definition) is 1. The molecule has 1 heterocycles. The highest BCUT2D eigenvalue weighted by atomic mass is 79.9. The van der Waals surface area contributed by atoms with Crippen molar-refractivity contribution in [1.82, 2.24) is 0 Å². The van der Waals surface area contributed by atoms with Gasteiger partial charge in [-0.1, -0.05) is 6.07 Å². The van der Waals surface area contributed by atoms with Crippen molar-refractivity contribution in [2.45, 2.75) is 17.9 Å². The molecule has 6 heteroatoms. The maximum absolute atomic E-state index is 11.5. The first-order valence-electron chi connectivity index (χ1n) is 5.68. The Morgan fingerprint density at radius 2 is 2.00 bits per heavy atom. The molecule has 0 radical (unpaired) electrons. The summed E-state index contributed by atoms with van der Waals surface area (Å²) in [5, 5.41) is 3.31. The SMILES string of the molecule is CC(Nc1cccc(S(C)(=O)=O)c1)c1ccc(Br)s1. The lowest BCUT2D eigenvalue weighted by Gasteiger charge is -2.14. The van der Waals surface area contributed by atoms with Gasteiger partial charge in [0.15, 0.2) is 9.84 Å². The van der Waals surface area contributed by atoms with Crippen LogP contribution in [0.4, 0.5) is 5.69 Å². The number of halogens is 1. The quantitative estimate of drug-likeness (QED) is 0.893. The molecule has 1 atom stereocenters. The van der Waals surface area contributed by atoms with E-state index in [9.17, 15) is 8.42 Å². The van der Waals surface area contributed by atoms with Gasteiger partial charge < -0.3 is 5.32 Å². The zero-order valence-electron chi connectivity index (χ0n) is 10.6. The van der Waals surface area contributed by atoms with E-state index in [-0.39, 0.29) is 6.04 Å². The number of rotatable bonds is 4. The van der Waals surface area contributed by atoms with Crippen LogP contribution >= 0.6 is 27.3 Å². The van der Waals surface area contributed by atoms with E-state index in [0.29, 0.717) is 4.90 Å². The lowest BCUT2D eigenvalue weighted by molar-refractivity contribution is 0.602. The molecule has 0 fully saturated rings. The molecule has 1 N–H and O–H groups in total. The maximum Gasteiger partial charge on any atom is 0.175 e. The van der Waals surface area contributed by atoms with Gasteiger partial charge in [-0.15, -0.1) is 11.3 Å². The molecule has 2 aromatic rings. The normalized spacial score (nSPS) is 13.2. The van der Waals surface area contributed by atoms with Gasteiger partial charge in [0, 0.05) is 16.8 Å². The van der Waals surface area contributed by atoms with Crippen molar-refractivity contribution < 1.29 is 8.42 Å². The van der Waals surface area contributed by atoms with Gasteiger partial charge in [-0.05, 0) is 53.2 Å². The summed E-state index contributed by atoms with van der Waals surface area (Å²) in [7, 11) is -3.17. The number of nitrogens with one attached hydrogen (secondary N) is 1. The van der Waals surface area contributed by atoms with E-state index in [0.717, 1.165) is 9.47 Å². The Kier molecular flexibility index (Phi) is 4.32. The fourth-order valence-corrected chi connectivity index (χ4v) is 3.79. The van der Waals surface area contributed by atoms with Crippen molar-refractivity contribution in [1.29, 1.82) is 0 Å². The predicted molar refractivity (Wildman–Crippen MR) is 83.6 cm³/mol. The molecule has 0 bridgehead atoms. The third kappa shape index (κ3) is 3.81. The molecule has 1 unspecified atom stereocenters. The lowest BCUT2D eigenvalue weighted by atomic mass is 10.2. The number of benzene rings is 1.